The average molecular weight is 393 g/mol. The summed E-state index contributed by atoms with van der Waals surface area (Å²) in [6, 6.07) is 27.7. The minimum atomic E-state index is -1.05. The van der Waals surface area contributed by atoms with Gasteiger partial charge >= 0.3 is 0 Å². The number of hydrogen-bond acceptors (Lipinski definition) is 4. The van der Waals surface area contributed by atoms with E-state index in [0.717, 1.165) is 5.69 Å². The highest BCUT2D eigenvalue weighted by molar-refractivity contribution is 6.08. The van der Waals surface area contributed by atoms with Crippen LogP contribution in [0.1, 0.15) is 11.1 Å². The fourth-order valence-corrected chi connectivity index (χ4v) is 3.36. The van der Waals surface area contributed by atoms with E-state index in [1.807, 2.05) is 48.5 Å². The van der Waals surface area contributed by atoms with Crippen molar-refractivity contribution in [2.75, 3.05) is 10.2 Å². The zero-order chi connectivity index (χ0) is 20.9. The van der Waals surface area contributed by atoms with Gasteiger partial charge in [0.1, 0.15) is 0 Å². The molecule has 0 spiro atoms. The summed E-state index contributed by atoms with van der Waals surface area (Å²) < 4.78 is 0. The molecule has 1 amide bonds. The van der Waals surface area contributed by atoms with Gasteiger partial charge < -0.3 is 15.3 Å². The fourth-order valence-electron chi connectivity index (χ4n) is 3.36. The van der Waals surface area contributed by atoms with Crippen LogP contribution in [-0.2, 0) is 4.79 Å². The summed E-state index contributed by atoms with van der Waals surface area (Å²) >= 11 is 0. The van der Waals surface area contributed by atoms with Gasteiger partial charge in [-0.15, -0.1) is 0 Å². The van der Waals surface area contributed by atoms with Gasteiger partial charge in [0, 0.05) is 23.1 Å². The van der Waals surface area contributed by atoms with E-state index in [0.29, 0.717) is 28.0 Å². The number of benzene rings is 3. The molecule has 5 heteroatoms. The standard InChI is InChI=1S/C25H19N3O2/c26-16-18-9-7-8-14-22(18)23-15-19(24(29)27-20-10-3-1-4-11-20)17-28(25(23)30)21-12-5-2-6-13-21/h1-15,17,25,30H,(H,27,29). The molecule has 0 aromatic heterocycles. The molecule has 1 heterocycles. The molecule has 1 atom stereocenters. The van der Waals surface area contributed by atoms with E-state index < -0.39 is 6.23 Å². The van der Waals surface area contributed by atoms with Crippen molar-refractivity contribution in [2.45, 2.75) is 6.23 Å². The molecule has 0 radical (unpaired) electrons. The molecule has 0 saturated carbocycles. The molecule has 30 heavy (non-hydrogen) atoms. The van der Waals surface area contributed by atoms with Gasteiger partial charge in [-0.2, -0.15) is 5.26 Å². The third kappa shape index (κ3) is 3.86. The smallest absolute Gasteiger partial charge is 0.257 e. The second-order valence-corrected chi connectivity index (χ2v) is 6.78. The van der Waals surface area contributed by atoms with E-state index in [-0.39, 0.29) is 5.91 Å². The molecular formula is C25H19N3O2. The van der Waals surface area contributed by atoms with Gasteiger partial charge in [0.05, 0.1) is 17.2 Å². The number of aliphatic hydroxyl groups excluding tert-OH is 1. The number of anilines is 2. The van der Waals surface area contributed by atoms with E-state index in [2.05, 4.69) is 11.4 Å². The molecule has 2 N–H and O–H groups in total. The highest BCUT2D eigenvalue weighted by Gasteiger charge is 2.28. The van der Waals surface area contributed by atoms with Gasteiger partial charge in [0.25, 0.3) is 5.91 Å². The van der Waals surface area contributed by atoms with Gasteiger partial charge in [-0.05, 0) is 42.0 Å². The maximum atomic E-state index is 13.0. The number of nitrogens with one attached hydrogen (secondary N) is 1. The summed E-state index contributed by atoms with van der Waals surface area (Å²) in [4.78, 5) is 14.6. The zero-order valence-electron chi connectivity index (χ0n) is 16.1. The molecular weight excluding hydrogens is 374 g/mol. The van der Waals surface area contributed by atoms with E-state index >= 15 is 0 Å². The third-order valence-corrected chi connectivity index (χ3v) is 4.84. The molecule has 3 aromatic carbocycles. The van der Waals surface area contributed by atoms with Crippen LogP contribution >= 0.6 is 0 Å². The number of aliphatic hydroxyl groups is 1. The lowest BCUT2D eigenvalue weighted by molar-refractivity contribution is -0.112. The number of carbonyl (C=O) groups excluding carboxylic acids is 1. The Morgan fingerprint density at radius 2 is 1.57 bits per heavy atom. The Hall–Kier alpha value is -4.14. The summed E-state index contributed by atoms with van der Waals surface area (Å²) in [5, 5.41) is 23.5. The fraction of sp³-hybridized carbons (Fsp3) is 0.0400. The van der Waals surface area contributed by atoms with Crippen molar-refractivity contribution in [1.82, 2.24) is 0 Å². The molecule has 5 nitrogen and oxygen atoms in total. The number of para-hydroxylation sites is 2. The first-order valence-electron chi connectivity index (χ1n) is 9.48. The quantitative estimate of drug-likeness (QED) is 0.693. The average Bonchev–Trinajstić information content (AvgIpc) is 2.80. The summed E-state index contributed by atoms with van der Waals surface area (Å²) in [6.45, 7) is 0. The summed E-state index contributed by atoms with van der Waals surface area (Å²) in [5.41, 5.74) is 3.28. The van der Waals surface area contributed by atoms with Gasteiger partial charge in [0.2, 0.25) is 0 Å². The zero-order valence-corrected chi connectivity index (χ0v) is 16.1. The number of hydrogen-bond donors (Lipinski definition) is 2. The van der Waals surface area contributed by atoms with Crippen LogP contribution in [-0.4, -0.2) is 17.2 Å². The lowest BCUT2D eigenvalue weighted by Gasteiger charge is -2.33. The van der Waals surface area contributed by atoms with Crippen molar-refractivity contribution in [1.29, 1.82) is 5.26 Å². The monoisotopic (exact) mass is 393 g/mol. The van der Waals surface area contributed by atoms with Gasteiger partial charge in [-0.3, -0.25) is 4.79 Å². The number of nitrogens with zero attached hydrogens (tertiary/aromatic N) is 2. The van der Waals surface area contributed by atoms with Crippen molar-refractivity contribution >= 4 is 22.9 Å². The largest absolute Gasteiger partial charge is 0.369 e. The second-order valence-electron chi connectivity index (χ2n) is 6.78. The molecule has 0 fully saturated rings. The first kappa shape index (κ1) is 19.2. The van der Waals surface area contributed by atoms with Crippen molar-refractivity contribution < 1.29 is 9.90 Å². The van der Waals surface area contributed by atoms with Crippen LogP contribution in [0, 0.1) is 11.3 Å². The van der Waals surface area contributed by atoms with E-state index in [9.17, 15) is 15.2 Å². The Morgan fingerprint density at radius 1 is 0.933 bits per heavy atom. The number of amides is 1. The van der Waals surface area contributed by atoms with E-state index in [1.165, 1.54) is 0 Å². The molecule has 146 valence electrons. The first-order valence-corrected chi connectivity index (χ1v) is 9.48. The van der Waals surface area contributed by atoms with E-state index in [1.54, 1.807) is 53.6 Å². The minimum Gasteiger partial charge on any atom is -0.369 e. The Kier molecular flexibility index (Phi) is 5.42. The SMILES string of the molecule is N#Cc1ccccc1C1=CC(C(=O)Nc2ccccc2)=CN(c2ccccc2)C1O. The topological polar surface area (TPSA) is 76.4 Å². The Morgan fingerprint density at radius 3 is 2.27 bits per heavy atom. The molecule has 1 aliphatic heterocycles. The minimum absolute atomic E-state index is 0.305. The molecule has 0 saturated heterocycles. The molecule has 4 rings (SSSR count). The lowest BCUT2D eigenvalue weighted by atomic mass is 9.94. The number of rotatable bonds is 4. The van der Waals surface area contributed by atoms with Gasteiger partial charge in [-0.25, -0.2) is 0 Å². The van der Waals surface area contributed by atoms with Crippen molar-refractivity contribution in [3.63, 3.8) is 0 Å². The van der Waals surface area contributed by atoms with Crippen LogP contribution in [0.2, 0.25) is 0 Å². The molecule has 0 aliphatic carbocycles. The van der Waals surface area contributed by atoms with Crippen LogP contribution in [0.3, 0.4) is 0 Å². The summed E-state index contributed by atoms with van der Waals surface area (Å²) in [7, 11) is 0. The first-order chi connectivity index (χ1) is 14.7. The predicted octanol–water partition coefficient (Wildman–Crippen LogP) is 4.30. The highest BCUT2D eigenvalue weighted by atomic mass is 16.3. The van der Waals surface area contributed by atoms with Gasteiger partial charge in [0.15, 0.2) is 6.23 Å². The lowest BCUT2D eigenvalue weighted by Crippen LogP contribution is -2.36. The van der Waals surface area contributed by atoms with Crippen LogP contribution < -0.4 is 10.2 Å². The Labute approximate surface area is 174 Å². The number of carbonyl (C=O) groups is 1. The summed E-state index contributed by atoms with van der Waals surface area (Å²) in [5.74, 6) is -0.305. The maximum Gasteiger partial charge on any atom is 0.257 e. The van der Waals surface area contributed by atoms with Crippen LogP contribution in [0.5, 0.6) is 0 Å². The number of nitriles is 1. The van der Waals surface area contributed by atoms with Crippen LogP contribution in [0.15, 0.2) is 103 Å². The molecule has 0 bridgehead atoms. The molecule has 3 aromatic rings. The predicted molar refractivity (Wildman–Crippen MR) is 117 cm³/mol. The van der Waals surface area contributed by atoms with Crippen molar-refractivity contribution in [3.8, 4) is 6.07 Å². The highest BCUT2D eigenvalue weighted by Crippen LogP contribution is 2.33. The molecule has 1 aliphatic rings. The van der Waals surface area contributed by atoms with Crippen LogP contribution in [0.4, 0.5) is 11.4 Å². The van der Waals surface area contributed by atoms with Crippen LogP contribution in [0.25, 0.3) is 5.57 Å². The van der Waals surface area contributed by atoms with E-state index in [4.69, 9.17) is 0 Å². The third-order valence-electron chi connectivity index (χ3n) is 4.84. The Balaban J connectivity index is 1.78. The Bertz CT molecular complexity index is 1160. The summed E-state index contributed by atoms with van der Waals surface area (Å²) in [6.07, 6.45) is 2.21. The maximum absolute atomic E-state index is 13.0. The normalized spacial score (nSPS) is 15.6. The molecule has 1 unspecified atom stereocenters. The second kappa shape index (κ2) is 8.48. The van der Waals surface area contributed by atoms with Gasteiger partial charge in [-0.1, -0.05) is 54.6 Å². The van der Waals surface area contributed by atoms with Crippen molar-refractivity contribution in [2.24, 2.45) is 0 Å². The van der Waals surface area contributed by atoms with Crippen molar-refractivity contribution in [3.05, 3.63) is 114 Å².